The van der Waals surface area contributed by atoms with Gasteiger partial charge in [-0.3, -0.25) is 0 Å². The maximum Gasteiger partial charge on any atom is 0.126 e. The van der Waals surface area contributed by atoms with Crippen molar-refractivity contribution in [3.8, 4) is 0 Å². The highest BCUT2D eigenvalue weighted by molar-refractivity contribution is 5.48. The minimum atomic E-state index is -0.148. The van der Waals surface area contributed by atoms with Crippen LogP contribution in [0.4, 0.5) is 10.1 Å². The van der Waals surface area contributed by atoms with Gasteiger partial charge in [-0.05, 0) is 61.2 Å². The van der Waals surface area contributed by atoms with Crippen molar-refractivity contribution in [2.24, 2.45) is 0 Å². The van der Waals surface area contributed by atoms with E-state index in [0.717, 1.165) is 11.3 Å². The molecular formula is C16H18FN. The highest BCUT2D eigenvalue weighted by Crippen LogP contribution is 2.16. The summed E-state index contributed by atoms with van der Waals surface area (Å²) in [7, 11) is 0. The Morgan fingerprint density at radius 3 is 2.22 bits per heavy atom. The van der Waals surface area contributed by atoms with Gasteiger partial charge in [0.15, 0.2) is 0 Å². The average Bonchev–Trinajstić information content (AvgIpc) is 2.29. The molecule has 0 radical (unpaired) electrons. The van der Waals surface area contributed by atoms with Crippen LogP contribution in [0.1, 0.15) is 22.3 Å². The monoisotopic (exact) mass is 243 g/mol. The highest BCUT2D eigenvalue weighted by Gasteiger charge is 2.00. The van der Waals surface area contributed by atoms with Crippen LogP contribution in [-0.2, 0) is 6.54 Å². The number of aryl methyl sites for hydroxylation is 3. The van der Waals surface area contributed by atoms with E-state index in [9.17, 15) is 4.39 Å². The van der Waals surface area contributed by atoms with Crippen molar-refractivity contribution in [3.05, 3.63) is 64.5 Å². The first-order valence-electron chi connectivity index (χ1n) is 6.12. The summed E-state index contributed by atoms with van der Waals surface area (Å²) in [5.41, 5.74) is 5.37. The van der Waals surface area contributed by atoms with Crippen LogP contribution < -0.4 is 5.32 Å². The first kappa shape index (κ1) is 12.6. The Bertz CT molecular complexity index is 541. The summed E-state index contributed by atoms with van der Waals surface area (Å²) in [4.78, 5) is 0. The van der Waals surface area contributed by atoms with E-state index in [1.807, 2.05) is 12.1 Å². The SMILES string of the molecule is Cc1cc(C)cc(NCc2ccc(F)c(C)c2)c1. The molecule has 2 heteroatoms. The van der Waals surface area contributed by atoms with Crippen molar-refractivity contribution in [3.63, 3.8) is 0 Å². The predicted molar refractivity (Wildman–Crippen MR) is 74.4 cm³/mol. The number of anilines is 1. The largest absolute Gasteiger partial charge is 0.381 e. The lowest BCUT2D eigenvalue weighted by Crippen LogP contribution is -2.00. The van der Waals surface area contributed by atoms with E-state index in [0.29, 0.717) is 12.1 Å². The maximum atomic E-state index is 13.1. The molecule has 0 bridgehead atoms. The van der Waals surface area contributed by atoms with Crippen molar-refractivity contribution < 1.29 is 4.39 Å². The normalized spacial score (nSPS) is 10.4. The third-order valence-corrected chi connectivity index (χ3v) is 2.94. The molecule has 0 heterocycles. The molecule has 0 unspecified atom stereocenters. The van der Waals surface area contributed by atoms with Gasteiger partial charge >= 0.3 is 0 Å². The molecule has 0 aliphatic heterocycles. The average molecular weight is 243 g/mol. The van der Waals surface area contributed by atoms with Crippen LogP contribution >= 0.6 is 0 Å². The molecule has 2 rings (SSSR count). The van der Waals surface area contributed by atoms with Gasteiger partial charge in [0, 0.05) is 12.2 Å². The second-order valence-electron chi connectivity index (χ2n) is 4.81. The predicted octanol–water partition coefficient (Wildman–Crippen LogP) is 4.36. The molecule has 0 aromatic heterocycles. The van der Waals surface area contributed by atoms with Crippen LogP contribution in [0.3, 0.4) is 0 Å². The summed E-state index contributed by atoms with van der Waals surface area (Å²) in [6, 6.07) is 11.6. The van der Waals surface area contributed by atoms with Gasteiger partial charge in [0.1, 0.15) is 5.82 Å². The fourth-order valence-electron chi connectivity index (χ4n) is 2.10. The molecule has 0 saturated heterocycles. The van der Waals surface area contributed by atoms with E-state index in [-0.39, 0.29) is 5.82 Å². The van der Waals surface area contributed by atoms with Gasteiger partial charge in [-0.1, -0.05) is 18.2 Å². The molecule has 0 atom stereocenters. The van der Waals surface area contributed by atoms with E-state index in [1.165, 1.54) is 17.2 Å². The zero-order valence-corrected chi connectivity index (χ0v) is 11.0. The summed E-state index contributed by atoms with van der Waals surface area (Å²) in [5.74, 6) is -0.148. The molecule has 2 aromatic carbocycles. The zero-order valence-electron chi connectivity index (χ0n) is 11.0. The molecule has 0 amide bonds. The molecule has 0 spiro atoms. The Hall–Kier alpha value is -1.83. The van der Waals surface area contributed by atoms with Crippen molar-refractivity contribution in [2.75, 3.05) is 5.32 Å². The molecule has 0 fully saturated rings. The van der Waals surface area contributed by atoms with Gasteiger partial charge in [0.05, 0.1) is 0 Å². The Labute approximate surface area is 108 Å². The number of benzene rings is 2. The van der Waals surface area contributed by atoms with Crippen molar-refractivity contribution in [2.45, 2.75) is 27.3 Å². The molecule has 0 aliphatic carbocycles. The Balaban J connectivity index is 2.08. The van der Waals surface area contributed by atoms with Crippen molar-refractivity contribution in [1.82, 2.24) is 0 Å². The van der Waals surface area contributed by atoms with Crippen LogP contribution in [0.2, 0.25) is 0 Å². The third kappa shape index (κ3) is 3.10. The fourth-order valence-corrected chi connectivity index (χ4v) is 2.10. The minimum Gasteiger partial charge on any atom is -0.381 e. The Morgan fingerprint density at radius 2 is 1.61 bits per heavy atom. The summed E-state index contributed by atoms with van der Waals surface area (Å²) < 4.78 is 13.1. The Kier molecular flexibility index (Phi) is 3.66. The Morgan fingerprint density at radius 1 is 0.944 bits per heavy atom. The molecule has 18 heavy (non-hydrogen) atoms. The smallest absolute Gasteiger partial charge is 0.126 e. The van der Waals surface area contributed by atoms with E-state index < -0.39 is 0 Å². The molecule has 94 valence electrons. The summed E-state index contributed by atoms with van der Waals surface area (Å²) in [6.45, 7) is 6.67. The van der Waals surface area contributed by atoms with E-state index >= 15 is 0 Å². The lowest BCUT2D eigenvalue weighted by atomic mass is 10.1. The first-order valence-corrected chi connectivity index (χ1v) is 6.12. The van der Waals surface area contributed by atoms with Crippen LogP contribution in [0.15, 0.2) is 36.4 Å². The van der Waals surface area contributed by atoms with Gasteiger partial charge in [-0.2, -0.15) is 0 Å². The van der Waals surface area contributed by atoms with Gasteiger partial charge in [-0.15, -0.1) is 0 Å². The minimum absolute atomic E-state index is 0.148. The number of halogens is 1. The molecule has 1 N–H and O–H groups in total. The number of hydrogen-bond donors (Lipinski definition) is 1. The lowest BCUT2D eigenvalue weighted by Gasteiger charge is -2.09. The molecule has 0 aliphatic rings. The zero-order chi connectivity index (χ0) is 13.1. The standard InChI is InChI=1S/C16H18FN/c1-11-6-12(2)8-15(7-11)18-10-14-4-5-16(17)13(3)9-14/h4-9,18H,10H2,1-3H3. The number of nitrogens with one attached hydrogen (secondary N) is 1. The van der Waals surface area contributed by atoms with Crippen LogP contribution in [0.5, 0.6) is 0 Å². The molecular weight excluding hydrogens is 225 g/mol. The molecule has 0 saturated carbocycles. The number of hydrogen-bond acceptors (Lipinski definition) is 1. The third-order valence-electron chi connectivity index (χ3n) is 2.94. The number of rotatable bonds is 3. The quantitative estimate of drug-likeness (QED) is 0.844. The topological polar surface area (TPSA) is 12.0 Å². The maximum absolute atomic E-state index is 13.1. The summed E-state index contributed by atoms with van der Waals surface area (Å²) >= 11 is 0. The molecule has 1 nitrogen and oxygen atoms in total. The van der Waals surface area contributed by atoms with E-state index in [4.69, 9.17) is 0 Å². The summed E-state index contributed by atoms with van der Waals surface area (Å²) in [6.07, 6.45) is 0. The lowest BCUT2D eigenvalue weighted by molar-refractivity contribution is 0.617. The van der Waals surface area contributed by atoms with E-state index in [2.05, 4.69) is 37.4 Å². The first-order chi connectivity index (χ1) is 8.54. The van der Waals surface area contributed by atoms with Crippen molar-refractivity contribution in [1.29, 1.82) is 0 Å². The van der Waals surface area contributed by atoms with Gasteiger partial charge < -0.3 is 5.32 Å². The van der Waals surface area contributed by atoms with Crippen molar-refractivity contribution >= 4 is 5.69 Å². The van der Waals surface area contributed by atoms with E-state index in [1.54, 1.807) is 6.92 Å². The van der Waals surface area contributed by atoms with Gasteiger partial charge in [0.25, 0.3) is 0 Å². The second-order valence-corrected chi connectivity index (χ2v) is 4.81. The summed E-state index contributed by atoms with van der Waals surface area (Å²) in [5, 5.41) is 3.37. The van der Waals surface area contributed by atoms with Crippen LogP contribution in [0, 0.1) is 26.6 Å². The van der Waals surface area contributed by atoms with Crippen LogP contribution in [-0.4, -0.2) is 0 Å². The van der Waals surface area contributed by atoms with Gasteiger partial charge in [-0.25, -0.2) is 4.39 Å². The van der Waals surface area contributed by atoms with Gasteiger partial charge in [0.2, 0.25) is 0 Å². The highest BCUT2D eigenvalue weighted by atomic mass is 19.1. The molecule has 2 aromatic rings. The second kappa shape index (κ2) is 5.21. The fraction of sp³-hybridized carbons (Fsp3) is 0.250. The van der Waals surface area contributed by atoms with Crippen LogP contribution in [0.25, 0.3) is 0 Å².